The molecule has 1 heterocycles. The van der Waals surface area contributed by atoms with Crippen LogP contribution in [-0.2, 0) is 4.79 Å². The van der Waals surface area contributed by atoms with Crippen LogP contribution < -0.4 is 11.1 Å². The van der Waals surface area contributed by atoms with Crippen molar-refractivity contribution in [1.29, 1.82) is 0 Å². The first-order valence-electron chi connectivity index (χ1n) is 7.16. The van der Waals surface area contributed by atoms with E-state index in [9.17, 15) is 9.59 Å². The molecule has 0 saturated heterocycles. The number of nitrogens with two attached hydrogens (primary N) is 1. The Bertz CT molecular complexity index is 457. The molecule has 0 radical (unpaired) electrons. The molecule has 118 valence electrons. The molecular weight excluding hydrogens is 270 g/mol. The van der Waals surface area contributed by atoms with Crippen molar-refractivity contribution in [1.82, 2.24) is 10.2 Å². The van der Waals surface area contributed by atoms with E-state index in [-0.39, 0.29) is 17.9 Å². The minimum absolute atomic E-state index is 0.0658. The first kappa shape index (κ1) is 17.2. The number of rotatable bonds is 7. The van der Waals surface area contributed by atoms with E-state index in [0.717, 1.165) is 6.42 Å². The van der Waals surface area contributed by atoms with Crippen LogP contribution in [0.3, 0.4) is 0 Å². The summed E-state index contributed by atoms with van der Waals surface area (Å²) in [5, 5.41) is 2.65. The Kier molecular flexibility index (Phi) is 6.42. The summed E-state index contributed by atoms with van der Waals surface area (Å²) in [4.78, 5) is 25.6. The van der Waals surface area contributed by atoms with Crippen LogP contribution in [0.1, 0.15) is 37.6 Å². The van der Waals surface area contributed by atoms with Crippen molar-refractivity contribution in [3.63, 3.8) is 0 Å². The fourth-order valence-electron chi connectivity index (χ4n) is 1.85. The number of nitrogens with zero attached hydrogens (tertiary/aromatic N) is 1. The summed E-state index contributed by atoms with van der Waals surface area (Å²) >= 11 is 0. The van der Waals surface area contributed by atoms with Gasteiger partial charge in [0.15, 0.2) is 0 Å². The summed E-state index contributed by atoms with van der Waals surface area (Å²) in [6, 6.07) is 1.03. The summed E-state index contributed by atoms with van der Waals surface area (Å²) < 4.78 is 4.84. The molecule has 6 nitrogen and oxygen atoms in total. The maximum atomic E-state index is 12.2. The lowest BCUT2D eigenvalue weighted by Gasteiger charge is -2.24. The Labute approximate surface area is 125 Å². The van der Waals surface area contributed by atoms with Crippen molar-refractivity contribution >= 4 is 11.8 Å². The number of furan rings is 1. The van der Waals surface area contributed by atoms with Gasteiger partial charge in [0, 0.05) is 19.6 Å². The summed E-state index contributed by atoms with van der Waals surface area (Å²) in [5.41, 5.74) is 6.37. The summed E-state index contributed by atoms with van der Waals surface area (Å²) in [6.45, 7) is 6.35. The number of likely N-dealkylation sites (N-methyl/N-ethyl adjacent to an activating group) is 1. The minimum Gasteiger partial charge on any atom is -0.472 e. The molecule has 0 aliphatic rings. The largest absolute Gasteiger partial charge is 0.472 e. The van der Waals surface area contributed by atoms with Gasteiger partial charge in [-0.3, -0.25) is 9.59 Å². The van der Waals surface area contributed by atoms with E-state index in [1.807, 2.05) is 0 Å². The molecule has 0 bridgehead atoms. The van der Waals surface area contributed by atoms with E-state index in [4.69, 9.17) is 10.2 Å². The van der Waals surface area contributed by atoms with Crippen LogP contribution >= 0.6 is 0 Å². The molecule has 0 spiro atoms. The lowest BCUT2D eigenvalue weighted by atomic mass is 10.0. The monoisotopic (exact) mass is 295 g/mol. The summed E-state index contributed by atoms with van der Waals surface area (Å²) in [7, 11) is 1.72. The Morgan fingerprint density at radius 1 is 1.38 bits per heavy atom. The van der Waals surface area contributed by atoms with Crippen LogP contribution in [0.4, 0.5) is 0 Å². The number of amides is 2. The first-order valence-corrected chi connectivity index (χ1v) is 7.16. The Hall–Kier alpha value is -1.82. The minimum atomic E-state index is -0.590. The van der Waals surface area contributed by atoms with Gasteiger partial charge in [-0.15, -0.1) is 0 Å². The highest BCUT2D eigenvalue weighted by Gasteiger charge is 2.21. The van der Waals surface area contributed by atoms with E-state index in [1.54, 1.807) is 24.9 Å². The second kappa shape index (κ2) is 7.83. The van der Waals surface area contributed by atoms with E-state index < -0.39 is 6.04 Å². The van der Waals surface area contributed by atoms with Gasteiger partial charge in [0.1, 0.15) is 12.3 Å². The van der Waals surface area contributed by atoms with Crippen LogP contribution in [-0.4, -0.2) is 42.4 Å². The van der Waals surface area contributed by atoms with Gasteiger partial charge < -0.3 is 20.4 Å². The highest BCUT2D eigenvalue weighted by molar-refractivity contribution is 5.97. The number of hydrogen-bond donors (Lipinski definition) is 2. The normalized spacial score (nSPS) is 13.8. The second-order valence-electron chi connectivity index (χ2n) is 5.66. The molecule has 3 N–H and O–H groups in total. The van der Waals surface area contributed by atoms with Crippen LogP contribution in [0.5, 0.6) is 0 Å². The fourth-order valence-corrected chi connectivity index (χ4v) is 1.85. The van der Waals surface area contributed by atoms with Crippen molar-refractivity contribution in [2.75, 3.05) is 13.6 Å². The number of nitrogens with one attached hydrogen (secondary N) is 1. The third-order valence-corrected chi connectivity index (χ3v) is 3.53. The summed E-state index contributed by atoms with van der Waals surface area (Å²) in [5.74, 6) is -0.0774. The zero-order valence-corrected chi connectivity index (χ0v) is 13.1. The van der Waals surface area contributed by atoms with Crippen molar-refractivity contribution < 1.29 is 14.0 Å². The molecule has 0 aliphatic heterocycles. The highest BCUT2D eigenvalue weighted by atomic mass is 16.3. The number of carbonyl (C=O) groups excluding carboxylic acids is 2. The predicted octanol–water partition coefficient (Wildman–Crippen LogP) is 1.23. The molecule has 0 aliphatic carbocycles. The molecule has 1 rings (SSSR count). The molecule has 1 aromatic rings. The van der Waals surface area contributed by atoms with Gasteiger partial charge >= 0.3 is 0 Å². The average molecular weight is 295 g/mol. The van der Waals surface area contributed by atoms with Gasteiger partial charge in [-0.1, -0.05) is 13.8 Å². The standard InChI is InChI=1S/C15H25N3O3/c1-10(2)13(16)5-7-18(4)15(20)11(3)17-14(19)12-6-8-21-9-12/h6,8-11,13H,5,7,16H2,1-4H3,(H,17,19). The van der Waals surface area contributed by atoms with E-state index in [0.29, 0.717) is 18.0 Å². The van der Waals surface area contributed by atoms with Crippen LogP contribution in [0.2, 0.25) is 0 Å². The topological polar surface area (TPSA) is 88.6 Å². The molecule has 0 fully saturated rings. The third kappa shape index (κ3) is 5.23. The molecular formula is C15H25N3O3. The second-order valence-corrected chi connectivity index (χ2v) is 5.66. The Balaban J connectivity index is 2.44. The van der Waals surface area contributed by atoms with Crippen LogP contribution in [0, 0.1) is 5.92 Å². The molecule has 1 aromatic heterocycles. The molecule has 2 amide bonds. The molecule has 0 saturated carbocycles. The lowest BCUT2D eigenvalue weighted by molar-refractivity contribution is -0.131. The van der Waals surface area contributed by atoms with Gasteiger partial charge in [0.05, 0.1) is 11.8 Å². The molecule has 21 heavy (non-hydrogen) atoms. The average Bonchev–Trinajstić information content (AvgIpc) is 2.97. The summed E-state index contributed by atoms with van der Waals surface area (Å²) in [6.07, 6.45) is 3.50. The molecule has 2 unspecified atom stereocenters. The van der Waals surface area contributed by atoms with E-state index >= 15 is 0 Å². The highest BCUT2D eigenvalue weighted by Crippen LogP contribution is 2.05. The van der Waals surface area contributed by atoms with Gasteiger partial charge in [-0.05, 0) is 25.3 Å². The van der Waals surface area contributed by atoms with Gasteiger partial charge in [-0.2, -0.15) is 0 Å². The molecule has 6 heteroatoms. The number of hydrogen-bond acceptors (Lipinski definition) is 4. The van der Waals surface area contributed by atoms with Gasteiger partial charge in [0.2, 0.25) is 5.91 Å². The molecule has 0 aromatic carbocycles. The van der Waals surface area contributed by atoms with Crippen LogP contribution in [0.15, 0.2) is 23.0 Å². The zero-order valence-electron chi connectivity index (χ0n) is 13.1. The van der Waals surface area contributed by atoms with Gasteiger partial charge in [-0.25, -0.2) is 0 Å². The van der Waals surface area contributed by atoms with Crippen molar-refractivity contribution in [3.05, 3.63) is 24.2 Å². The predicted molar refractivity (Wildman–Crippen MR) is 80.7 cm³/mol. The van der Waals surface area contributed by atoms with Crippen molar-refractivity contribution in [3.8, 4) is 0 Å². The first-order chi connectivity index (χ1) is 9.82. The SMILES string of the molecule is CC(NC(=O)c1ccoc1)C(=O)N(C)CCC(N)C(C)C. The lowest BCUT2D eigenvalue weighted by Crippen LogP contribution is -2.46. The smallest absolute Gasteiger partial charge is 0.255 e. The zero-order chi connectivity index (χ0) is 16.0. The van der Waals surface area contributed by atoms with Crippen molar-refractivity contribution in [2.24, 2.45) is 11.7 Å². The van der Waals surface area contributed by atoms with Crippen LogP contribution in [0.25, 0.3) is 0 Å². The Morgan fingerprint density at radius 2 is 2.05 bits per heavy atom. The quantitative estimate of drug-likeness (QED) is 0.792. The van der Waals surface area contributed by atoms with E-state index in [1.165, 1.54) is 12.5 Å². The molecule has 2 atom stereocenters. The fraction of sp³-hybridized carbons (Fsp3) is 0.600. The Morgan fingerprint density at radius 3 is 2.57 bits per heavy atom. The maximum Gasteiger partial charge on any atom is 0.255 e. The maximum absolute atomic E-state index is 12.2. The van der Waals surface area contributed by atoms with Crippen molar-refractivity contribution in [2.45, 2.75) is 39.3 Å². The van der Waals surface area contributed by atoms with Gasteiger partial charge in [0.25, 0.3) is 5.91 Å². The third-order valence-electron chi connectivity index (χ3n) is 3.53. The van der Waals surface area contributed by atoms with E-state index in [2.05, 4.69) is 19.2 Å². The number of carbonyl (C=O) groups is 2.